The van der Waals surface area contributed by atoms with Crippen LogP contribution in [-0.2, 0) is 14.0 Å². The average molecular weight is 202 g/mol. The molecule has 0 aliphatic rings. The molecule has 6 heteroatoms. The van der Waals surface area contributed by atoms with Gasteiger partial charge >= 0.3 is 14.0 Å². The lowest BCUT2D eigenvalue weighted by Gasteiger charge is -2.20. The summed E-state index contributed by atoms with van der Waals surface area (Å²) in [6, 6.07) is 0. The Morgan fingerprint density at radius 1 is 1.07 bits per heavy atom. The molecule has 4 nitrogen and oxygen atoms in total. The maximum Gasteiger partial charge on any atom is 0.487 e. The van der Waals surface area contributed by atoms with E-state index < -0.39 is 14.0 Å². The van der Waals surface area contributed by atoms with Gasteiger partial charge in [0.15, 0.2) is 0 Å². The summed E-state index contributed by atoms with van der Waals surface area (Å²) in [5, 5.41) is 9.59. The van der Waals surface area contributed by atoms with Gasteiger partial charge in [-0.3, -0.25) is 0 Å². The first-order chi connectivity index (χ1) is 6.47. The van der Waals surface area contributed by atoms with Gasteiger partial charge in [-0.15, -0.1) is 0 Å². The minimum Gasteiger partial charge on any atom is -0.429 e. The van der Waals surface area contributed by atoms with Crippen LogP contribution < -0.4 is 0 Å². The first-order valence-corrected chi connectivity index (χ1v) is 5.08. The van der Waals surface area contributed by atoms with Gasteiger partial charge in [0.05, 0.1) is 0 Å². The predicted octanol–water partition coefficient (Wildman–Crippen LogP) is 0.920. The van der Waals surface area contributed by atoms with Gasteiger partial charge in [0.1, 0.15) is 0 Å². The van der Waals surface area contributed by atoms with E-state index in [9.17, 15) is 5.02 Å². The third kappa shape index (κ3) is 6.43. The Kier molecular flexibility index (Phi) is 7.27. The summed E-state index contributed by atoms with van der Waals surface area (Å²) in [6.07, 6.45) is -0.0549. The Morgan fingerprint density at radius 2 is 1.57 bits per heavy atom. The molecule has 0 aliphatic carbocycles. The highest BCUT2D eigenvalue weighted by atomic mass is 16.6. The fraction of sp³-hybridized carbons (Fsp3) is 1.00. The van der Waals surface area contributed by atoms with Crippen LogP contribution in [0.4, 0.5) is 0 Å². The lowest BCUT2D eigenvalue weighted by Crippen LogP contribution is -2.46. The predicted molar refractivity (Wildman–Crippen MR) is 57.8 cm³/mol. The molecule has 0 amide bonds. The van der Waals surface area contributed by atoms with Crippen LogP contribution in [0.3, 0.4) is 0 Å². The van der Waals surface area contributed by atoms with E-state index in [1.807, 2.05) is 34.6 Å². The second kappa shape index (κ2) is 7.29. The molecule has 0 aromatic rings. The SMILES string of the molecule is CCOB(OC(C)C)B(O)OC(C)C. The first kappa shape index (κ1) is 14.0. The maximum absolute atomic E-state index is 9.59. The van der Waals surface area contributed by atoms with Gasteiger partial charge in [-0.1, -0.05) is 0 Å². The van der Waals surface area contributed by atoms with Crippen LogP contribution in [-0.4, -0.2) is 37.9 Å². The van der Waals surface area contributed by atoms with Crippen LogP contribution >= 0.6 is 0 Å². The summed E-state index contributed by atoms with van der Waals surface area (Å²) in [4.78, 5) is 0. The van der Waals surface area contributed by atoms with E-state index in [0.29, 0.717) is 6.61 Å². The Labute approximate surface area is 87.2 Å². The molecular formula is C8H20B2O4. The van der Waals surface area contributed by atoms with Crippen LogP contribution in [0.25, 0.3) is 0 Å². The molecule has 1 N–H and O–H groups in total. The van der Waals surface area contributed by atoms with Crippen LogP contribution in [0.2, 0.25) is 0 Å². The summed E-state index contributed by atoms with van der Waals surface area (Å²) in [6.45, 7) is 9.79. The standard InChI is InChI=1S/C8H20B2O4/c1-6-12-10(14-8(4)5)9(11)13-7(2)3/h7-8,11H,6H2,1-5H3. The molecule has 0 aliphatic heterocycles. The van der Waals surface area contributed by atoms with Gasteiger partial charge < -0.3 is 19.0 Å². The highest BCUT2D eigenvalue weighted by Crippen LogP contribution is 2.02. The zero-order valence-electron chi connectivity index (χ0n) is 9.69. The highest BCUT2D eigenvalue weighted by molar-refractivity contribution is 7.10. The van der Waals surface area contributed by atoms with Crippen molar-refractivity contribution in [1.82, 2.24) is 0 Å². The van der Waals surface area contributed by atoms with E-state index in [2.05, 4.69) is 0 Å². The molecule has 0 fully saturated rings. The Morgan fingerprint density at radius 3 is 1.93 bits per heavy atom. The van der Waals surface area contributed by atoms with Gasteiger partial charge in [0, 0.05) is 18.8 Å². The van der Waals surface area contributed by atoms with Crippen molar-refractivity contribution in [2.75, 3.05) is 6.61 Å². The van der Waals surface area contributed by atoms with Crippen molar-refractivity contribution in [2.24, 2.45) is 0 Å². The maximum atomic E-state index is 9.59. The number of hydrogen-bond donors (Lipinski definition) is 1. The van der Waals surface area contributed by atoms with Crippen LogP contribution in [0.1, 0.15) is 34.6 Å². The van der Waals surface area contributed by atoms with E-state index in [0.717, 1.165) is 0 Å². The Hall–Kier alpha value is -0.0301. The normalized spacial score (nSPS) is 11.1. The van der Waals surface area contributed by atoms with E-state index >= 15 is 0 Å². The molecular weight excluding hydrogens is 182 g/mol. The van der Waals surface area contributed by atoms with Gasteiger partial charge in [0.25, 0.3) is 0 Å². The lowest BCUT2D eigenvalue weighted by molar-refractivity contribution is 0.149. The third-order valence-electron chi connectivity index (χ3n) is 1.38. The Bertz CT molecular complexity index is 143. The molecule has 0 rings (SSSR count). The van der Waals surface area contributed by atoms with Crippen molar-refractivity contribution in [3.05, 3.63) is 0 Å². The molecule has 0 radical (unpaired) electrons. The zero-order valence-corrected chi connectivity index (χ0v) is 9.69. The molecule has 0 spiro atoms. The minimum absolute atomic E-state index is 0.00281. The topological polar surface area (TPSA) is 47.9 Å². The summed E-state index contributed by atoms with van der Waals surface area (Å²) in [5.74, 6) is 0. The molecule has 0 saturated carbocycles. The van der Waals surface area contributed by atoms with Crippen molar-refractivity contribution in [2.45, 2.75) is 46.8 Å². The molecule has 82 valence electrons. The van der Waals surface area contributed by atoms with Crippen molar-refractivity contribution in [1.29, 1.82) is 0 Å². The minimum atomic E-state index is -1.03. The average Bonchev–Trinajstić information content (AvgIpc) is 2.01. The van der Waals surface area contributed by atoms with E-state index in [1.165, 1.54) is 0 Å². The fourth-order valence-corrected chi connectivity index (χ4v) is 0.964. The molecule has 0 atom stereocenters. The molecule has 0 saturated heterocycles. The molecule has 0 aromatic heterocycles. The molecule has 14 heavy (non-hydrogen) atoms. The second-order valence-electron chi connectivity index (χ2n) is 3.58. The lowest BCUT2D eigenvalue weighted by atomic mass is 9.48. The summed E-state index contributed by atoms with van der Waals surface area (Å²) in [5.41, 5.74) is 0. The summed E-state index contributed by atoms with van der Waals surface area (Å²) >= 11 is 0. The second-order valence-corrected chi connectivity index (χ2v) is 3.58. The monoisotopic (exact) mass is 202 g/mol. The smallest absolute Gasteiger partial charge is 0.429 e. The fourth-order valence-electron chi connectivity index (χ4n) is 0.964. The van der Waals surface area contributed by atoms with Gasteiger partial charge in [-0.2, -0.15) is 0 Å². The van der Waals surface area contributed by atoms with Gasteiger partial charge in [-0.25, -0.2) is 0 Å². The zero-order chi connectivity index (χ0) is 11.1. The van der Waals surface area contributed by atoms with E-state index in [1.54, 1.807) is 0 Å². The molecule has 0 aromatic carbocycles. The van der Waals surface area contributed by atoms with Gasteiger partial charge in [0.2, 0.25) is 0 Å². The van der Waals surface area contributed by atoms with Crippen molar-refractivity contribution in [3.63, 3.8) is 0 Å². The van der Waals surface area contributed by atoms with Crippen LogP contribution in [0.15, 0.2) is 0 Å². The first-order valence-electron chi connectivity index (χ1n) is 5.08. The Balaban J connectivity index is 4.03. The van der Waals surface area contributed by atoms with Crippen molar-refractivity contribution in [3.8, 4) is 0 Å². The van der Waals surface area contributed by atoms with E-state index in [-0.39, 0.29) is 12.2 Å². The molecule has 0 unspecified atom stereocenters. The van der Waals surface area contributed by atoms with Gasteiger partial charge in [-0.05, 0) is 34.6 Å². The summed E-state index contributed by atoms with van der Waals surface area (Å²) in [7, 11) is -1.74. The third-order valence-corrected chi connectivity index (χ3v) is 1.38. The molecule has 0 heterocycles. The highest BCUT2D eigenvalue weighted by Gasteiger charge is 2.37. The molecule has 0 bridgehead atoms. The largest absolute Gasteiger partial charge is 0.487 e. The number of rotatable bonds is 7. The quantitative estimate of drug-likeness (QED) is 0.623. The van der Waals surface area contributed by atoms with Crippen molar-refractivity contribution >= 4 is 14.0 Å². The van der Waals surface area contributed by atoms with Crippen molar-refractivity contribution < 1.29 is 19.0 Å². The van der Waals surface area contributed by atoms with E-state index in [4.69, 9.17) is 14.0 Å². The number of hydrogen-bond acceptors (Lipinski definition) is 4. The summed E-state index contributed by atoms with van der Waals surface area (Å²) < 4.78 is 15.7. The van der Waals surface area contributed by atoms with Crippen LogP contribution in [0, 0.1) is 0 Å². The van der Waals surface area contributed by atoms with Crippen LogP contribution in [0.5, 0.6) is 0 Å².